The zero-order valence-corrected chi connectivity index (χ0v) is 13.0. The predicted octanol–water partition coefficient (Wildman–Crippen LogP) is 2.57. The van der Waals surface area contributed by atoms with Crippen molar-refractivity contribution >= 4 is 17.6 Å². The fourth-order valence-corrected chi connectivity index (χ4v) is 2.20. The average molecular weight is 312 g/mol. The minimum absolute atomic E-state index is 0.129. The summed E-state index contributed by atoms with van der Waals surface area (Å²) in [5.41, 5.74) is 2.67. The molecule has 0 bridgehead atoms. The summed E-state index contributed by atoms with van der Waals surface area (Å²) in [5.74, 6) is -1.37. The van der Waals surface area contributed by atoms with E-state index in [0.29, 0.717) is 12.2 Å². The lowest BCUT2D eigenvalue weighted by Crippen LogP contribution is -2.39. The second-order valence-corrected chi connectivity index (χ2v) is 5.38. The first-order chi connectivity index (χ1) is 11.0. The first-order valence-electron chi connectivity index (χ1n) is 7.41. The van der Waals surface area contributed by atoms with E-state index in [1.807, 2.05) is 55.5 Å². The van der Waals surface area contributed by atoms with E-state index in [-0.39, 0.29) is 12.3 Å². The molecule has 0 saturated carbocycles. The molecule has 1 amide bonds. The second kappa shape index (κ2) is 8.10. The topological polar surface area (TPSA) is 78.4 Å². The van der Waals surface area contributed by atoms with Crippen LogP contribution in [0.15, 0.2) is 54.6 Å². The van der Waals surface area contributed by atoms with Crippen LogP contribution in [0.25, 0.3) is 0 Å². The highest BCUT2D eigenvalue weighted by Crippen LogP contribution is 2.10. The van der Waals surface area contributed by atoms with Crippen LogP contribution < -0.4 is 10.6 Å². The molecule has 2 rings (SSSR count). The van der Waals surface area contributed by atoms with Gasteiger partial charge in [-0.2, -0.15) is 0 Å². The van der Waals surface area contributed by atoms with E-state index in [4.69, 9.17) is 0 Å². The summed E-state index contributed by atoms with van der Waals surface area (Å²) < 4.78 is 0. The fourth-order valence-electron chi connectivity index (χ4n) is 2.20. The highest BCUT2D eigenvalue weighted by molar-refractivity contribution is 5.94. The minimum atomic E-state index is -1.04. The van der Waals surface area contributed by atoms with Gasteiger partial charge in [0.1, 0.15) is 6.04 Å². The lowest BCUT2D eigenvalue weighted by Gasteiger charge is -2.14. The van der Waals surface area contributed by atoms with Crippen molar-refractivity contribution < 1.29 is 14.7 Å². The molecule has 1 atom stereocenters. The molecule has 120 valence electrons. The molecule has 2 aromatic carbocycles. The molecule has 0 heterocycles. The molecule has 23 heavy (non-hydrogen) atoms. The number of hydrogen-bond acceptors (Lipinski definition) is 3. The molecule has 0 aliphatic carbocycles. The van der Waals surface area contributed by atoms with Crippen LogP contribution >= 0.6 is 0 Å². The number of aliphatic carboxylic acids is 1. The summed E-state index contributed by atoms with van der Waals surface area (Å²) in [5, 5.41) is 14.9. The molecule has 0 saturated heterocycles. The van der Waals surface area contributed by atoms with Crippen molar-refractivity contribution in [3.8, 4) is 0 Å². The van der Waals surface area contributed by atoms with Crippen molar-refractivity contribution in [2.24, 2.45) is 0 Å². The van der Waals surface area contributed by atoms with Crippen LogP contribution in [0.2, 0.25) is 0 Å². The van der Waals surface area contributed by atoms with Gasteiger partial charge in [0, 0.05) is 12.2 Å². The van der Waals surface area contributed by atoms with Crippen molar-refractivity contribution in [3.63, 3.8) is 0 Å². The van der Waals surface area contributed by atoms with Crippen molar-refractivity contribution in [2.75, 3.05) is 5.32 Å². The van der Waals surface area contributed by atoms with E-state index < -0.39 is 12.0 Å². The number of carbonyl (C=O) groups is 2. The summed E-state index contributed by atoms with van der Waals surface area (Å²) in [6, 6.07) is 15.9. The molecule has 5 nitrogen and oxygen atoms in total. The molecule has 0 aliphatic rings. The van der Waals surface area contributed by atoms with Crippen LogP contribution in [0.1, 0.15) is 17.5 Å². The van der Waals surface area contributed by atoms with Gasteiger partial charge in [-0.25, -0.2) is 0 Å². The monoisotopic (exact) mass is 312 g/mol. The zero-order valence-electron chi connectivity index (χ0n) is 13.0. The molecule has 0 fully saturated rings. The van der Waals surface area contributed by atoms with Crippen molar-refractivity contribution in [2.45, 2.75) is 25.9 Å². The van der Waals surface area contributed by atoms with Gasteiger partial charge < -0.3 is 10.4 Å². The molecule has 0 aromatic heterocycles. The van der Waals surface area contributed by atoms with Gasteiger partial charge in [-0.3, -0.25) is 14.9 Å². The highest BCUT2D eigenvalue weighted by atomic mass is 16.4. The van der Waals surface area contributed by atoms with E-state index in [2.05, 4.69) is 10.6 Å². The lowest BCUT2D eigenvalue weighted by molar-refractivity contribution is -0.141. The Morgan fingerprint density at radius 3 is 2.48 bits per heavy atom. The molecule has 3 N–H and O–H groups in total. The summed E-state index contributed by atoms with van der Waals surface area (Å²) in [4.78, 5) is 23.4. The molecule has 0 spiro atoms. The second-order valence-electron chi connectivity index (χ2n) is 5.38. The van der Waals surface area contributed by atoms with E-state index in [9.17, 15) is 14.7 Å². The van der Waals surface area contributed by atoms with Crippen LogP contribution in [-0.2, 0) is 16.1 Å². The summed E-state index contributed by atoms with van der Waals surface area (Å²) >= 11 is 0. The Morgan fingerprint density at radius 1 is 1.09 bits per heavy atom. The normalized spacial score (nSPS) is 11.7. The predicted molar refractivity (Wildman–Crippen MR) is 89.1 cm³/mol. The minimum Gasteiger partial charge on any atom is -0.480 e. The Morgan fingerprint density at radius 2 is 1.83 bits per heavy atom. The number of hydrogen-bond donors (Lipinski definition) is 3. The van der Waals surface area contributed by atoms with E-state index in [1.165, 1.54) is 0 Å². The van der Waals surface area contributed by atoms with Crippen LogP contribution in [0, 0.1) is 6.92 Å². The maximum Gasteiger partial charge on any atom is 0.321 e. The largest absolute Gasteiger partial charge is 0.480 e. The third kappa shape index (κ3) is 5.56. The first-order valence-corrected chi connectivity index (χ1v) is 7.41. The first kappa shape index (κ1) is 16.7. The van der Waals surface area contributed by atoms with Gasteiger partial charge in [-0.15, -0.1) is 0 Å². The molecule has 0 aliphatic heterocycles. The van der Waals surface area contributed by atoms with Gasteiger partial charge >= 0.3 is 5.97 Å². The number of benzene rings is 2. The molecule has 1 unspecified atom stereocenters. The summed E-state index contributed by atoms with van der Waals surface area (Å²) in [6.45, 7) is 2.33. The Hall–Kier alpha value is -2.66. The Labute approximate surface area is 135 Å². The van der Waals surface area contributed by atoms with Crippen LogP contribution in [0.4, 0.5) is 5.69 Å². The van der Waals surface area contributed by atoms with Crippen molar-refractivity contribution in [3.05, 3.63) is 65.7 Å². The molecular weight excluding hydrogens is 292 g/mol. The van der Waals surface area contributed by atoms with Gasteiger partial charge in [0.25, 0.3) is 0 Å². The molecule has 2 aromatic rings. The lowest BCUT2D eigenvalue weighted by atomic mass is 10.1. The van der Waals surface area contributed by atoms with Gasteiger partial charge in [0.05, 0.1) is 6.42 Å². The van der Waals surface area contributed by atoms with Crippen molar-refractivity contribution in [1.29, 1.82) is 0 Å². The van der Waals surface area contributed by atoms with E-state index in [0.717, 1.165) is 11.1 Å². The van der Waals surface area contributed by atoms with Crippen LogP contribution in [-0.4, -0.2) is 23.0 Å². The standard InChI is InChI=1S/C18H20N2O3/c1-13-6-5-9-15(10-13)20-17(21)11-16(18(22)23)19-12-14-7-3-2-4-8-14/h2-10,16,19H,11-12H2,1H3,(H,20,21)(H,22,23). The maximum absolute atomic E-state index is 12.0. The number of amides is 1. The number of carbonyl (C=O) groups excluding carboxylic acids is 1. The highest BCUT2D eigenvalue weighted by Gasteiger charge is 2.20. The maximum atomic E-state index is 12.0. The average Bonchev–Trinajstić information content (AvgIpc) is 2.52. The molecule has 5 heteroatoms. The summed E-state index contributed by atoms with van der Waals surface area (Å²) in [7, 11) is 0. The Balaban J connectivity index is 1.91. The Bertz CT molecular complexity index is 671. The number of carboxylic acids is 1. The van der Waals surface area contributed by atoms with E-state index in [1.54, 1.807) is 6.07 Å². The SMILES string of the molecule is Cc1cccc(NC(=O)CC(NCc2ccccc2)C(=O)O)c1. The molecule has 0 radical (unpaired) electrons. The van der Waals surface area contributed by atoms with E-state index >= 15 is 0 Å². The van der Waals surface area contributed by atoms with Crippen molar-refractivity contribution in [1.82, 2.24) is 5.32 Å². The van der Waals surface area contributed by atoms with Gasteiger partial charge in [0.15, 0.2) is 0 Å². The smallest absolute Gasteiger partial charge is 0.321 e. The van der Waals surface area contributed by atoms with Gasteiger partial charge in [-0.1, -0.05) is 42.5 Å². The number of nitrogens with one attached hydrogen (secondary N) is 2. The number of aryl methyl sites for hydroxylation is 1. The Kier molecular flexibility index (Phi) is 5.88. The number of rotatable bonds is 7. The number of anilines is 1. The van der Waals surface area contributed by atoms with Crippen LogP contribution in [0.5, 0.6) is 0 Å². The van der Waals surface area contributed by atoms with Gasteiger partial charge in [0.2, 0.25) is 5.91 Å². The quantitative estimate of drug-likeness (QED) is 0.734. The summed E-state index contributed by atoms with van der Waals surface area (Å²) in [6.07, 6.45) is -0.129. The van der Waals surface area contributed by atoms with Crippen LogP contribution in [0.3, 0.4) is 0 Å². The third-order valence-electron chi connectivity index (χ3n) is 3.38. The van der Waals surface area contributed by atoms with Gasteiger partial charge in [-0.05, 0) is 30.2 Å². The fraction of sp³-hybridized carbons (Fsp3) is 0.222. The zero-order chi connectivity index (χ0) is 16.7. The third-order valence-corrected chi connectivity index (χ3v) is 3.38. The number of carboxylic acid groups (broad SMARTS) is 1. The molecular formula is C18H20N2O3.